The van der Waals surface area contributed by atoms with Crippen molar-refractivity contribution in [2.45, 2.75) is 25.2 Å². The topological polar surface area (TPSA) is 38.9 Å². The summed E-state index contributed by atoms with van der Waals surface area (Å²) in [6.45, 7) is 0. The van der Waals surface area contributed by atoms with Crippen LogP contribution >= 0.6 is 11.3 Å². The van der Waals surface area contributed by atoms with Gasteiger partial charge in [-0.25, -0.2) is 4.98 Å². The van der Waals surface area contributed by atoms with E-state index >= 15 is 0 Å². The molecule has 1 aliphatic carbocycles. The average molecular weight is 154 g/mol. The Balaban J connectivity index is 2.17. The van der Waals surface area contributed by atoms with E-state index in [0.717, 1.165) is 5.92 Å². The Labute approximate surface area is 64.1 Å². The van der Waals surface area contributed by atoms with E-state index in [-0.39, 0.29) is 0 Å². The van der Waals surface area contributed by atoms with Gasteiger partial charge in [0.1, 0.15) is 0 Å². The van der Waals surface area contributed by atoms with Crippen molar-refractivity contribution in [3.05, 3.63) is 11.1 Å². The fourth-order valence-corrected chi connectivity index (χ4v) is 1.84. The quantitative estimate of drug-likeness (QED) is 0.672. The third-order valence-corrected chi connectivity index (χ3v) is 2.76. The van der Waals surface area contributed by atoms with Gasteiger partial charge < -0.3 is 5.73 Å². The lowest BCUT2D eigenvalue weighted by atomic mass is 9.83. The second kappa shape index (κ2) is 2.23. The van der Waals surface area contributed by atoms with Crippen molar-refractivity contribution in [2.75, 3.05) is 5.73 Å². The maximum atomic E-state index is 5.50. The molecule has 0 aliphatic heterocycles. The lowest BCUT2D eigenvalue weighted by Crippen LogP contribution is -2.08. The van der Waals surface area contributed by atoms with E-state index in [1.807, 2.05) is 0 Å². The zero-order valence-corrected chi connectivity index (χ0v) is 6.53. The molecule has 1 aromatic heterocycles. The van der Waals surface area contributed by atoms with E-state index in [2.05, 4.69) is 10.4 Å². The minimum atomic E-state index is 0.710. The number of hydrogen-bond donors (Lipinski definition) is 1. The number of hydrogen-bond acceptors (Lipinski definition) is 3. The molecule has 3 heteroatoms. The Morgan fingerprint density at radius 3 is 2.80 bits per heavy atom. The van der Waals surface area contributed by atoms with E-state index in [1.54, 1.807) is 11.3 Å². The largest absolute Gasteiger partial charge is 0.375 e. The third kappa shape index (κ3) is 0.904. The van der Waals surface area contributed by atoms with Crippen LogP contribution in [0.25, 0.3) is 0 Å². The lowest BCUT2D eigenvalue weighted by molar-refractivity contribution is 0.413. The van der Waals surface area contributed by atoms with E-state index in [4.69, 9.17) is 5.73 Å². The number of rotatable bonds is 1. The summed E-state index contributed by atoms with van der Waals surface area (Å²) in [5.41, 5.74) is 6.72. The molecule has 2 nitrogen and oxygen atoms in total. The van der Waals surface area contributed by atoms with Gasteiger partial charge in [-0.2, -0.15) is 0 Å². The number of nitrogens with two attached hydrogens (primary N) is 1. The smallest absolute Gasteiger partial charge is 0.180 e. The van der Waals surface area contributed by atoms with Gasteiger partial charge in [-0.3, -0.25) is 0 Å². The Morgan fingerprint density at radius 1 is 1.60 bits per heavy atom. The van der Waals surface area contributed by atoms with Crippen LogP contribution in [0.5, 0.6) is 0 Å². The first-order valence-corrected chi connectivity index (χ1v) is 4.45. The van der Waals surface area contributed by atoms with Gasteiger partial charge in [0.25, 0.3) is 0 Å². The maximum Gasteiger partial charge on any atom is 0.180 e. The van der Waals surface area contributed by atoms with Crippen LogP contribution in [-0.4, -0.2) is 4.98 Å². The Hall–Kier alpha value is -0.570. The van der Waals surface area contributed by atoms with Gasteiger partial charge in [0.05, 0.1) is 5.69 Å². The normalized spacial score (nSPS) is 18.8. The third-order valence-electron chi connectivity index (χ3n) is 2.06. The summed E-state index contributed by atoms with van der Waals surface area (Å²) in [5.74, 6) is 0.730. The molecule has 10 heavy (non-hydrogen) atoms. The van der Waals surface area contributed by atoms with Gasteiger partial charge in [0.15, 0.2) is 5.13 Å². The molecule has 0 atom stereocenters. The first-order chi connectivity index (χ1) is 4.86. The second-order valence-corrected chi connectivity index (χ2v) is 3.63. The number of aromatic nitrogens is 1. The highest BCUT2D eigenvalue weighted by Gasteiger charge is 2.21. The number of nitrogen functional groups attached to an aromatic ring is 1. The number of anilines is 1. The van der Waals surface area contributed by atoms with E-state index in [1.165, 1.54) is 25.0 Å². The Kier molecular flexibility index (Phi) is 1.38. The van der Waals surface area contributed by atoms with Crippen LogP contribution in [0, 0.1) is 0 Å². The molecule has 1 heterocycles. The van der Waals surface area contributed by atoms with Gasteiger partial charge in [-0.15, -0.1) is 11.3 Å². The van der Waals surface area contributed by atoms with Crippen LogP contribution in [0.4, 0.5) is 5.13 Å². The maximum absolute atomic E-state index is 5.50. The van der Waals surface area contributed by atoms with Crippen molar-refractivity contribution >= 4 is 16.5 Å². The Morgan fingerprint density at radius 2 is 2.40 bits per heavy atom. The molecule has 1 aromatic rings. The molecule has 0 unspecified atom stereocenters. The summed E-state index contributed by atoms with van der Waals surface area (Å²) in [6, 6.07) is 0. The molecule has 1 saturated carbocycles. The fraction of sp³-hybridized carbons (Fsp3) is 0.571. The van der Waals surface area contributed by atoms with Gasteiger partial charge in [-0.1, -0.05) is 6.42 Å². The monoisotopic (exact) mass is 154 g/mol. The van der Waals surface area contributed by atoms with Crippen molar-refractivity contribution in [1.29, 1.82) is 0 Å². The molecule has 0 radical (unpaired) electrons. The molecule has 2 rings (SSSR count). The molecule has 0 spiro atoms. The first-order valence-electron chi connectivity index (χ1n) is 3.57. The molecular weight excluding hydrogens is 144 g/mol. The number of thiazole rings is 1. The zero-order chi connectivity index (χ0) is 6.97. The predicted molar refractivity (Wildman–Crippen MR) is 43.1 cm³/mol. The van der Waals surface area contributed by atoms with Crippen LogP contribution < -0.4 is 5.73 Å². The first kappa shape index (κ1) is 6.16. The van der Waals surface area contributed by atoms with Crippen molar-refractivity contribution in [3.63, 3.8) is 0 Å². The van der Waals surface area contributed by atoms with Crippen LogP contribution in [0.15, 0.2) is 5.38 Å². The van der Waals surface area contributed by atoms with E-state index in [0.29, 0.717) is 5.13 Å². The number of nitrogens with zero attached hydrogens (tertiary/aromatic N) is 1. The molecule has 0 aromatic carbocycles. The highest BCUT2D eigenvalue weighted by molar-refractivity contribution is 7.13. The van der Waals surface area contributed by atoms with Crippen LogP contribution in [-0.2, 0) is 0 Å². The summed E-state index contributed by atoms with van der Waals surface area (Å²) >= 11 is 1.55. The van der Waals surface area contributed by atoms with Crippen molar-refractivity contribution < 1.29 is 0 Å². The predicted octanol–water partition coefficient (Wildman–Crippen LogP) is 1.99. The molecule has 0 saturated heterocycles. The minimum absolute atomic E-state index is 0.710. The summed E-state index contributed by atoms with van der Waals surface area (Å²) in [4.78, 5) is 4.23. The van der Waals surface area contributed by atoms with Gasteiger partial charge in [-0.05, 0) is 12.8 Å². The standard InChI is InChI=1S/C7H10N2S/c8-7-9-6(4-10-7)5-2-1-3-5/h4-5H,1-3H2,(H2,8,9). The van der Waals surface area contributed by atoms with E-state index < -0.39 is 0 Å². The van der Waals surface area contributed by atoms with Gasteiger partial charge >= 0.3 is 0 Å². The summed E-state index contributed by atoms with van der Waals surface area (Å²) in [5, 5.41) is 2.79. The molecule has 0 amide bonds. The molecule has 1 fully saturated rings. The summed E-state index contributed by atoms with van der Waals surface area (Å²) < 4.78 is 0. The summed E-state index contributed by atoms with van der Waals surface area (Å²) in [6.07, 6.45) is 3.98. The van der Waals surface area contributed by atoms with Gasteiger partial charge in [0, 0.05) is 11.3 Å². The lowest BCUT2D eigenvalue weighted by Gasteiger charge is -2.22. The molecule has 0 bridgehead atoms. The highest BCUT2D eigenvalue weighted by atomic mass is 32.1. The zero-order valence-electron chi connectivity index (χ0n) is 5.71. The minimum Gasteiger partial charge on any atom is -0.375 e. The van der Waals surface area contributed by atoms with Crippen LogP contribution in [0.2, 0.25) is 0 Å². The Bertz CT molecular complexity index is 227. The van der Waals surface area contributed by atoms with Crippen molar-refractivity contribution in [2.24, 2.45) is 0 Å². The van der Waals surface area contributed by atoms with Crippen LogP contribution in [0.1, 0.15) is 30.9 Å². The SMILES string of the molecule is Nc1nc(C2CCC2)cs1. The van der Waals surface area contributed by atoms with Crippen molar-refractivity contribution in [1.82, 2.24) is 4.98 Å². The van der Waals surface area contributed by atoms with Crippen molar-refractivity contribution in [3.8, 4) is 0 Å². The molecule has 2 N–H and O–H groups in total. The second-order valence-electron chi connectivity index (χ2n) is 2.74. The van der Waals surface area contributed by atoms with Gasteiger partial charge in [0.2, 0.25) is 0 Å². The average Bonchev–Trinajstić information content (AvgIpc) is 2.10. The molecule has 1 aliphatic rings. The fourth-order valence-electron chi connectivity index (χ4n) is 1.19. The molecule has 54 valence electrons. The highest BCUT2D eigenvalue weighted by Crippen LogP contribution is 2.36. The van der Waals surface area contributed by atoms with E-state index in [9.17, 15) is 0 Å². The summed E-state index contributed by atoms with van der Waals surface area (Å²) in [7, 11) is 0. The molecular formula is C7H10N2S. The van der Waals surface area contributed by atoms with Crippen LogP contribution in [0.3, 0.4) is 0 Å².